The second-order valence-corrected chi connectivity index (χ2v) is 3.21. The molecule has 0 aliphatic rings. The molecule has 7 heteroatoms. The SMILES string of the molecule is COc1ccc(C(=C(F)F)C(F)(F)F)cc1C=O. The minimum Gasteiger partial charge on any atom is -0.496 e. The highest BCUT2D eigenvalue weighted by Gasteiger charge is 2.39. The summed E-state index contributed by atoms with van der Waals surface area (Å²) in [5.41, 5.74) is -3.09. The van der Waals surface area contributed by atoms with Crippen LogP contribution in [-0.2, 0) is 0 Å². The standard InChI is InChI=1S/C11H7F5O2/c1-18-8-3-2-6(4-7(8)5-17)9(10(12)13)11(14,15)16/h2-5H,1H3. The Labute approximate surface area is 98.7 Å². The maximum Gasteiger partial charge on any atom is 0.422 e. The van der Waals surface area contributed by atoms with E-state index in [1.807, 2.05) is 0 Å². The molecule has 0 atom stereocenters. The molecule has 0 bridgehead atoms. The Morgan fingerprint density at radius 2 is 1.89 bits per heavy atom. The molecule has 0 saturated carbocycles. The topological polar surface area (TPSA) is 26.3 Å². The van der Waals surface area contributed by atoms with Crippen molar-refractivity contribution in [3.63, 3.8) is 0 Å². The van der Waals surface area contributed by atoms with Crippen molar-refractivity contribution < 1.29 is 31.5 Å². The molecule has 1 aromatic rings. The molecule has 0 saturated heterocycles. The zero-order valence-electron chi connectivity index (χ0n) is 9.02. The predicted octanol–water partition coefficient (Wildman–Crippen LogP) is 3.68. The molecular formula is C11H7F5O2. The number of carbonyl (C=O) groups excluding carboxylic acids is 1. The van der Waals surface area contributed by atoms with Crippen molar-refractivity contribution >= 4 is 11.9 Å². The van der Waals surface area contributed by atoms with Crippen molar-refractivity contribution in [2.75, 3.05) is 7.11 Å². The van der Waals surface area contributed by atoms with Gasteiger partial charge in [0.05, 0.1) is 12.7 Å². The van der Waals surface area contributed by atoms with Gasteiger partial charge in [-0.1, -0.05) is 6.07 Å². The Bertz CT molecular complexity index is 487. The van der Waals surface area contributed by atoms with Crippen LogP contribution < -0.4 is 4.74 Å². The van der Waals surface area contributed by atoms with E-state index in [4.69, 9.17) is 4.74 Å². The van der Waals surface area contributed by atoms with Gasteiger partial charge in [0.25, 0.3) is 6.08 Å². The zero-order valence-corrected chi connectivity index (χ0v) is 9.02. The van der Waals surface area contributed by atoms with Gasteiger partial charge in [-0.25, -0.2) is 0 Å². The molecule has 0 radical (unpaired) electrons. The van der Waals surface area contributed by atoms with Crippen LogP contribution in [0.5, 0.6) is 5.75 Å². The maximum absolute atomic E-state index is 12.4. The van der Waals surface area contributed by atoms with E-state index in [1.54, 1.807) is 0 Å². The van der Waals surface area contributed by atoms with Crippen molar-refractivity contribution in [1.29, 1.82) is 0 Å². The minimum absolute atomic E-state index is 0.00883. The number of hydrogen-bond donors (Lipinski definition) is 0. The maximum atomic E-state index is 12.4. The first kappa shape index (κ1) is 14.1. The summed E-state index contributed by atoms with van der Waals surface area (Å²) >= 11 is 0. The lowest BCUT2D eigenvalue weighted by molar-refractivity contribution is -0.0711. The molecule has 0 aliphatic carbocycles. The number of benzene rings is 1. The summed E-state index contributed by atoms with van der Waals surface area (Å²) in [6, 6.07) is 2.54. The molecule has 0 heterocycles. The minimum atomic E-state index is -5.20. The average Bonchev–Trinajstić information content (AvgIpc) is 2.26. The Morgan fingerprint density at radius 3 is 2.28 bits per heavy atom. The molecule has 2 nitrogen and oxygen atoms in total. The molecule has 0 unspecified atom stereocenters. The fourth-order valence-corrected chi connectivity index (χ4v) is 1.36. The summed E-state index contributed by atoms with van der Waals surface area (Å²) in [7, 11) is 1.21. The summed E-state index contributed by atoms with van der Waals surface area (Å²) in [5, 5.41) is 0. The first-order valence-electron chi connectivity index (χ1n) is 4.57. The lowest BCUT2D eigenvalue weighted by atomic mass is 10.0. The monoisotopic (exact) mass is 266 g/mol. The molecule has 18 heavy (non-hydrogen) atoms. The number of hydrogen-bond acceptors (Lipinski definition) is 2. The fourth-order valence-electron chi connectivity index (χ4n) is 1.36. The van der Waals surface area contributed by atoms with Crippen LogP contribution in [0.2, 0.25) is 0 Å². The summed E-state index contributed by atoms with van der Waals surface area (Å²) in [5.74, 6) is 0.00883. The first-order valence-corrected chi connectivity index (χ1v) is 4.57. The molecule has 1 rings (SSSR count). The highest BCUT2D eigenvalue weighted by Crippen LogP contribution is 2.38. The van der Waals surface area contributed by atoms with E-state index in [9.17, 15) is 26.7 Å². The molecule has 0 fully saturated rings. The van der Waals surface area contributed by atoms with Gasteiger partial charge in [-0.05, 0) is 17.7 Å². The molecule has 0 aromatic heterocycles. The number of methoxy groups -OCH3 is 1. The molecule has 0 aliphatic heterocycles. The Hall–Kier alpha value is -1.92. The molecular weight excluding hydrogens is 259 g/mol. The first-order chi connectivity index (χ1) is 8.31. The van der Waals surface area contributed by atoms with Gasteiger partial charge in [-0.3, -0.25) is 4.79 Å². The molecule has 0 amide bonds. The van der Waals surface area contributed by atoms with Crippen LogP contribution in [0.25, 0.3) is 5.57 Å². The van der Waals surface area contributed by atoms with Gasteiger partial charge in [0.2, 0.25) is 0 Å². The third-order valence-electron chi connectivity index (χ3n) is 2.12. The van der Waals surface area contributed by atoms with Crippen molar-refractivity contribution in [1.82, 2.24) is 0 Å². The Morgan fingerprint density at radius 1 is 1.28 bits per heavy atom. The number of ether oxygens (including phenoxy) is 1. The van der Waals surface area contributed by atoms with E-state index in [1.165, 1.54) is 7.11 Å². The van der Waals surface area contributed by atoms with Gasteiger partial charge in [0.1, 0.15) is 11.3 Å². The van der Waals surface area contributed by atoms with Crippen LogP contribution in [0, 0.1) is 0 Å². The second-order valence-electron chi connectivity index (χ2n) is 3.21. The second kappa shape index (κ2) is 5.16. The number of aldehydes is 1. The van der Waals surface area contributed by atoms with E-state index in [2.05, 4.69) is 0 Å². The Balaban J connectivity index is 3.42. The van der Waals surface area contributed by atoms with Gasteiger partial charge >= 0.3 is 6.18 Å². The van der Waals surface area contributed by atoms with Gasteiger partial charge in [-0.2, -0.15) is 22.0 Å². The van der Waals surface area contributed by atoms with Crippen molar-refractivity contribution in [2.24, 2.45) is 0 Å². The highest BCUT2D eigenvalue weighted by atomic mass is 19.4. The largest absolute Gasteiger partial charge is 0.496 e. The van der Waals surface area contributed by atoms with Crippen LogP contribution in [0.3, 0.4) is 0 Å². The average molecular weight is 266 g/mol. The smallest absolute Gasteiger partial charge is 0.422 e. The number of allylic oxidation sites excluding steroid dienone is 1. The quantitative estimate of drug-likeness (QED) is 0.616. The van der Waals surface area contributed by atoms with Gasteiger partial charge in [-0.15, -0.1) is 0 Å². The summed E-state index contributed by atoms with van der Waals surface area (Å²) < 4.78 is 66.6. The predicted molar refractivity (Wildman–Crippen MR) is 53.6 cm³/mol. The number of carbonyl (C=O) groups is 1. The van der Waals surface area contributed by atoms with Crippen LogP contribution in [0.15, 0.2) is 24.3 Å². The van der Waals surface area contributed by atoms with Gasteiger partial charge < -0.3 is 4.74 Å². The highest BCUT2D eigenvalue weighted by molar-refractivity contribution is 5.83. The van der Waals surface area contributed by atoms with E-state index in [-0.39, 0.29) is 17.6 Å². The molecule has 1 aromatic carbocycles. The molecule has 0 spiro atoms. The van der Waals surface area contributed by atoms with E-state index in [0.717, 1.165) is 12.1 Å². The fraction of sp³-hybridized carbons (Fsp3) is 0.182. The lowest BCUT2D eigenvalue weighted by Gasteiger charge is -2.12. The van der Waals surface area contributed by atoms with Gasteiger partial charge in [0, 0.05) is 0 Å². The third kappa shape index (κ3) is 2.85. The van der Waals surface area contributed by atoms with Crippen molar-refractivity contribution in [3.05, 3.63) is 35.4 Å². The van der Waals surface area contributed by atoms with Crippen LogP contribution in [0.4, 0.5) is 22.0 Å². The molecule has 98 valence electrons. The number of halogens is 5. The summed E-state index contributed by atoms with van der Waals surface area (Å²) in [6.45, 7) is 0. The number of alkyl halides is 3. The van der Waals surface area contributed by atoms with E-state index in [0.29, 0.717) is 6.07 Å². The number of rotatable bonds is 3. The zero-order chi connectivity index (χ0) is 13.9. The van der Waals surface area contributed by atoms with Crippen LogP contribution in [-0.4, -0.2) is 19.6 Å². The van der Waals surface area contributed by atoms with E-state index >= 15 is 0 Å². The third-order valence-corrected chi connectivity index (χ3v) is 2.12. The van der Waals surface area contributed by atoms with Crippen molar-refractivity contribution in [3.8, 4) is 5.75 Å². The van der Waals surface area contributed by atoms with Crippen molar-refractivity contribution in [2.45, 2.75) is 6.18 Å². The normalized spacial score (nSPS) is 11.0. The van der Waals surface area contributed by atoms with Crippen LogP contribution >= 0.6 is 0 Å². The van der Waals surface area contributed by atoms with Crippen LogP contribution in [0.1, 0.15) is 15.9 Å². The summed E-state index contributed by atoms with van der Waals surface area (Å²) in [6.07, 6.45) is -7.83. The van der Waals surface area contributed by atoms with E-state index < -0.39 is 23.4 Å². The Kier molecular flexibility index (Phi) is 4.05. The van der Waals surface area contributed by atoms with Gasteiger partial charge in [0.15, 0.2) is 6.29 Å². The molecule has 0 N–H and O–H groups in total. The lowest BCUT2D eigenvalue weighted by Crippen LogP contribution is -2.12. The summed E-state index contributed by atoms with van der Waals surface area (Å²) in [4.78, 5) is 10.6.